The highest BCUT2D eigenvalue weighted by Gasteiger charge is 2.33. The van der Waals surface area contributed by atoms with E-state index in [9.17, 15) is 17.6 Å². The average Bonchev–Trinajstić information content (AvgIpc) is 2.11. The molecule has 1 aromatic carbocycles. The molecule has 1 nitrogen and oxygen atoms in total. The Balaban J connectivity index is 3.19. The fourth-order valence-electron chi connectivity index (χ4n) is 1.12. The Hall–Kier alpha value is -0.620. The van der Waals surface area contributed by atoms with Crippen molar-refractivity contribution in [1.82, 2.24) is 0 Å². The second-order valence-corrected chi connectivity index (χ2v) is 3.84. The zero-order chi connectivity index (χ0) is 11.6. The van der Waals surface area contributed by atoms with Crippen molar-refractivity contribution in [3.05, 3.63) is 33.8 Å². The maximum Gasteiger partial charge on any atom is 0.275 e. The number of hydrogen-bond acceptors (Lipinski definition) is 1. The quantitative estimate of drug-likeness (QED) is 0.670. The molecule has 0 aliphatic rings. The second-order valence-electron chi connectivity index (χ2n) is 2.99. The molecular formula is C9H8BrF4N. The van der Waals surface area contributed by atoms with Gasteiger partial charge in [0.2, 0.25) is 0 Å². The van der Waals surface area contributed by atoms with E-state index in [0.29, 0.717) is 12.1 Å². The van der Waals surface area contributed by atoms with E-state index in [2.05, 4.69) is 15.9 Å². The minimum atomic E-state index is -3.26. The van der Waals surface area contributed by atoms with Crippen molar-refractivity contribution in [1.29, 1.82) is 0 Å². The van der Waals surface area contributed by atoms with E-state index in [-0.39, 0.29) is 11.0 Å². The minimum absolute atomic E-state index is 0.167. The van der Waals surface area contributed by atoms with Crippen LogP contribution in [0.5, 0.6) is 0 Å². The molecule has 1 aromatic rings. The number of benzene rings is 1. The van der Waals surface area contributed by atoms with Crippen molar-refractivity contribution in [2.24, 2.45) is 5.73 Å². The van der Waals surface area contributed by atoms with E-state index in [1.54, 1.807) is 0 Å². The summed E-state index contributed by atoms with van der Waals surface area (Å²) in [5.41, 5.74) is 4.42. The van der Waals surface area contributed by atoms with Gasteiger partial charge >= 0.3 is 0 Å². The Morgan fingerprint density at radius 3 is 2.27 bits per heavy atom. The van der Waals surface area contributed by atoms with E-state index in [0.717, 1.165) is 0 Å². The maximum absolute atomic E-state index is 13.3. The van der Waals surface area contributed by atoms with Gasteiger partial charge in [0.05, 0.1) is 0 Å². The third-order valence-corrected chi connectivity index (χ3v) is 2.52. The first kappa shape index (κ1) is 12.4. The summed E-state index contributed by atoms with van der Waals surface area (Å²) >= 11 is 2.76. The molecular weight excluding hydrogens is 278 g/mol. The fourth-order valence-corrected chi connectivity index (χ4v) is 1.72. The third kappa shape index (κ3) is 2.69. The van der Waals surface area contributed by atoms with Gasteiger partial charge < -0.3 is 5.73 Å². The zero-order valence-electron chi connectivity index (χ0n) is 7.54. The Labute approximate surface area is 92.4 Å². The molecule has 84 valence electrons. The SMILES string of the molecule is NCCC(F)(F)c1cc(F)c(F)cc1Br. The van der Waals surface area contributed by atoms with E-state index in [1.165, 1.54) is 0 Å². The van der Waals surface area contributed by atoms with Gasteiger partial charge in [-0.1, -0.05) is 15.9 Å². The summed E-state index contributed by atoms with van der Waals surface area (Å²) in [6.45, 7) is -0.238. The molecule has 0 spiro atoms. The van der Waals surface area contributed by atoms with Crippen LogP contribution in [-0.2, 0) is 5.92 Å². The monoisotopic (exact) mass is 285 g/mol. The van der Waals surface area contributed by atoms with Crippen LogP contribution in [0.4, 0.5) is 17.6 Å². The highest BCUT2D eigenvalue weighted by Crippen LogP contribution is 2.37. The van der Waals surface area contributed by atoms with Crippen molar-refractivity contribution >= 4 is 15.9 Å². The standard InChI is InChI=1S/C9H8BrF4N/c10-6-4-8(12)7(11)3-5(6)9(13,14)1-2-15/h3-4H,1-2,15H2. The molecule has 0 saturated heterocycles. The predicted octanol–water partition coefficient (Wildman–Crippen LogP) is 3.17. The van der Waals surface area contributed by atoms with Crippen LogP contribution in [0, 0.1) is 11.6 Å². The van der Waals surface area contributed by atoms with Gasteiger partial charge in [0.15, 0.2) is 11.6 Å². The van der Waals surface area contributed by atoms with Crippen molar-refractivity contribution in [2.75, 3.05) is 6.54 Å². The summed E-state index contributed by atoms with van der Waals surface area (Å²) in [4.78, 5) is 0. The van der Waals surface area contributed by atoms with Crippen LogP contribution in [0.25, 0.3) is 0 Å². The summed E-state index contributed by atoms with van der Waals surface area (Å²) < 4.78 is 51.9. The first-order chi connectivity index (χ1) is 6.88. The average molecular weight is 286 g/mol. The van der Waals surface area contributed by atoms with Crippen molar-refractivity contribution in [3.8, 4) is 0 Å². The Bertz CT molecular complexity index is 367. The molecule has 0 heterocycles. The van der Waals surface area contributed by atoms with E-state index < -0.39 is 29.5 Å². The number of rotatable bonds is 3. The molecule has 0 bridgehead atoms. The summed E-state index contributed by atoms with van der Waals surface area (Å²) in [6.07, 6.45) is -0.614. The van der Waals surface area contributed by atoms with Gasteiger partial charge in [-0.25, -0.2) is 17.6 Å². The zero-order valence-corrected chi connectivity index (χ0v) is 9.12. The van der Waals surface area contributed by atoms with Crippen molar-refractivity contribution < 1.29 is 17.6 Å². The number of alkyl halides is 2. The lowest BCUT2D eigenvalue weighted by Crippen LogP contribution is -2.19. The van der Waals surface area contributed by atoms with Crippen molar-refractivity contribution in [2.45, 2.75) is 12.3 Å². The van der Waals surface area contributed by atoms with E-state index in [4.69, 9.17) is 5.73 Å². The Morgan fingerprint density at radius 2 is 1.73 bits per heavy atom. The van der Waals surface area contributed by atoms with Crippen LogP contribution in [0.3, 0.4) is 0 Å². The first-order valence-corrected chi connectivity index (χ1v) is 4.90. The third-order valence-electron chi connectivity index (χ3n) is 1.86. The van der Waals surface area contributed by atoms with Crippen molar-refractivity contribution in [3.63, 3.8) is 0 Å². The lowest BCUT2D eigenvalue weighted by molar-refractivity contribution is -0.0118. The molecule has 1 rings (SSSR count). The molecule has 6 heteroatoms. The first-order valence-electron chi connectivity index (χ1n) is 4.11. The predicted molar refractivity (Wildman–Crippen MR) is 51.6 cm³/mol. The molecule has 0 aliphatic heterocycles. The summed E-state index contributed by atoms with van der Waals surface area (Å²) in [5, 5.41) is 0. The van der Waals surface area contributed by atoms with Crippen LogP contribution in [0.2, 0.25) is 0 Å². The number of nitrogens with two attached hydrogens (primary N) is 1. The molecule has 0 aliphatic carbocycles. The van der Waals surface area contributed by atoms with Crippen LogP contribution < -0.4 is 5.73 Å². The van der Waals surface area contributed by atoms with Gasteiger partial charge in [0.1, 0.15) is 0 Å². The molecule has 0 aromatic heterocycles. The van der Waals surface area contributed by atoms with Gasteiger partial charge in [0.25, 0.3) is 5.92 Å². The molecule has 0 saturated carbocycles. The van der Waals surface area contributed by atoms with E-state index >= 15 is 0 Å². The maximum atomic E-state index is 13.3. The van der Waals surface area contributed by atoms with Gasteiger partial charge in [-0.05, 0) is 18.7 Å². The highest BCUT2D eigenvalue weighted by molar-refractivity contribution is 9.10. The van der Waals surface area contributed by atoms with Crippen LogP contribution in [0.15, 0.2) is 16.6 Å². The van der Waals surface area contributed by atoms with Crippen LogP contribution in [-0.4, -0.2) is 6.54 Å². The van der Waals surface area contributed by atoms with Crippen LogP contribution in [0.1, 0.15) is 12.0 Å². The second kappa shape index (κ2) is 4.49. The van der Waals surface area contributed by atoms with Crippen LogP contribution >= 0.6 is 15.9 Å². The highest BCUT2D eigenvalue weighted by atomic mass is 79.9. The Kier molecular flexibility index (Phi) is 3.72. The molecule has 2 N–H and O–H groups in total. The lowest BCUT2D eigenvalue weighted by atomic mass is 10.1. The summed E-state index contributed by atoms with van der Waals surface area (Å²) in [7, 11) is 0. The molecule has 15 heavy (non-hydrogen) atoms. The summed E-state index contributed by atoms with van der Waals surface area (Å²) in [6, 6.07) is 1.16. The number of hydrogen-bond donors (Lipinski definition) is 1. The number of halogens is 5. The van der Waals surface area contributed by atoms with Gasteiger partial charge in [-0.15, -0.1) is 0 Å². The largest absolute Gasteiger partial charge is 0.330 e. The van der Waals surface area contributed by atoms with E-state index in [1.807, 2.05) is 0 Å². The molecule has 0 atom stereocenters. The molecule has 0 amide bonds. The van der Waals surface area contributed by atoms with Gasteiger partial charge in [-0.3, -0.25) is 0 Å². The molecule has 0 fully saturated rings. The normalized spacial score (nSPS) is 11.9. The smallest absolute Gasteiger partial charge is 0.275 e. The molecule has 0 radical (unpaired) electrons. The topological polar surface area (TPSA) is 26.0 Å². The molecule has 0 unspecified atom stereocenters. The Morgan fingerprint density at radius 1 is 1.20 bits per heavy atom. The van der Waals surface area contributed by atoms with Gasteiger partial charge in [-0.2, -0.15) is 0 Å². The fraction of sp³-hybridized carbons (Fsp3) is 0.333. The lowest BCUT2D eigenvalue weighted by Gasteiger charge is -2.17. The van der Waals surface area contributed by atoms with Gasteiger partial charge in [0, 0.05) is 16.5 Å². The summed E-state index contributed by atoms with van der Waals surface area (Å²) in [5.74, 6) is -5.73. The minimum Gasteiger partial charge on any atom is -0.330 e.